The molecule has 3 aliphatic rings. The van der Waals surface area contributed by atoms with E-state index in [0.717, 1.165) is 32.3 Å². The molecule has 15 atom stereocenters. The van der Waals surface area contributed by atoms with Gasteiger partial charge < -0.3 is 102 Å². The summed E-state index contributed by atoms with van der Waals surface area (Å²) in [5, 5.41) is 116. The van der Waals surface area contributed by atoms with E-state index < -0.39 is 198 Å². The smallest absolute Gasteiger partial charge is 0.446 e. The first-order valence-corrected chi connectivity index (χ1v) is 29.5. The van der Waals surface area contributed by atoms with Crippen LogP contribution in [-0.4, -0.2) is 220 Å². The minimum atomic E-state index is -5.36. The van der Waals surface area contributed by atoms with Crippen molar-refractivity contribution in [2.75, 3.05) is 19.7 Å². The number of amides is 8. The molecule has 484 valence electrons. The third kappa shape index (κ3) is 16.9. The second-order valence-electron chi connectivity index (χ2n) is 21.9. The number of carbonyl (C=O) groups is 8. The molecule has 3 aliphatic heterocycles. The molecule has 0 saturated carbocycles. The van der Waals surface area contributed by atoms with E-state index in [1.165, 1.54) is 31.2 Å². The summed E-state index contributed by atoms with van der Waals surface area (Å²) in [6, 6.07) is 3.76. The Morgan fingerprint density at radius 2 is 1.48 bits per heavy atom. The molecule has 4 heterocycles. The number of carbonyl (C=O) groups excluding carboxylic acids is 8. The fraction of sp³-hybridized carbons (Fsp3) is 0.482. The summed E-state index contributed by atoms with van der Waals surface area (Å²) in [6.45, 7) is 3.89. The van der Waals surface area contributed by atoms with Crippen LogP contribution in [0.2, 0.25) is 0 Å². The van der Waals surface area contributed by atoms with Crippen molar-refractivity contribution in [2.45, 2.75) is 145 Å². The van der Waals surface area contributed by atoms with Gasteiger partial charge in [0, 0.05) is 54.6 Å². The number of hydrogen-bond acceptors (Lipinski definition) is 23. The molecule has 0 radical (unpaired) electrons. The number of aromatic nitrogens is 1. The summed E-state index contributed by atoms with van der Waals surface area (Å²) in [5.41, 5.74) is 6.38. The number of likely N-dealkylation sites (tertiary alicyclic amines) is 1. The van der Waals surface area contributed by atoms with Gasteiger partial charge in [-0.25, -0.2) is 0 Å². The van der Waals surface area contributed by atoms with Crippen molar-refractivity contribution in [3.05, 3.63) is 83.9 Å². The van der Waals surface area contributed by atoms with E-state index in [2.05, 4.69) is 32.2 Å². The van der Waals surface area contributed by atoms with Crippen LogP contribution in [0.15, 0.2) is 77.3 Å². The lowest BCUT2D eigenvalue weighted by molar-refractivity contribution is -0.148. The number of rotatable bonds is 17. The van der Waals surface area contributed by atoms with Crippen LogP contribution in [-0.2, 0) is 44.0 Å². The molecule has 3 saturated heterocycles. The minimum Gasteiger partial charge on any atom is -0.504 e. The van der Waals surface area contributed by atoms with Crippen LogP contribution in [0.5, 0.6) is 17.2 Å². The lowest BCUT2D eigenvalue weighted by atomic mass is 9.96. The van der Waals surface area contributed by atoms with Gasteiger partial charge in [-0.1, -0.05) is 50.0 Å². The van der Waals surface area contributed by atoms with E-state index >= 15 is 0 Å². The highest BCUT2D eigenvalue weighted by Gasteiger charge is 2.50. The van der Waals surface area contributed by atoms with Crippen molar-refractivity contribution < 1.29 is 111 Å². The number of aliphatic hydroxyl groups excluding tert-OH is 8. The molecule has 4 aromatic rings. The average molecular weight is 1270 g/mol. The van der Waals surface area contributed by atoms with E-state index in [9.17, 15) is 97.3 Å². The molecule has 8 amide bonds. The molecule has 0 unspecified atom stereocenters. The maximum Gasteiger partial charge on any atom is 0.446 e. The number of unbranched alkanes of at least 4 members (excludes halogenated alkanes) is 2. The maximum atomic E-state index is 14.7. The standard InChI is InChI=1S/C56H71N9O23S/c1-4-5-6-17-86-32-14-11-28(12-15-32)39-21-33(63-87-39)27-7-9-29(10-8-27)50(76)58-34-20-38(70)53(79)59-41(71)22-37(69)43(56(82)65-23-25(2)46(72)45(65)49(57)75)61-54(80)44(48(74)47(73)30-13-16-36(68)40(18-30)88-89(83,84)85)62-52(78)35-19-31(67)24-64(35)55(81)42(26(3)66)60-51(34)77/h7-16,18,21,25-26,31,34-35,37-38,42-48,53,66-70,72-74,79H,4-6,17,19-20,22-24H2,1-3H3,(H2,57,75)(H,58,76)(H,59,71)(H,60,77)(H,61,80)(H,62,78)(H,83,84,85)/t25-,26+,31+,34-,35-,37+,38+,42-,43-,44-,45-,46-,47-,48-,53+/m0/s1. The Balaban J connectivity index is 1.21. The van der Waals surface area contributed by atoms with Gasteiger partial charge in [-0.3, -0.25) is 42.9 Å². The number of nitrogens with two attached hydrogens (primary N) is 1. The van der Waals surface area contributed by atoms with Crippen LogP contribution in [0.25, 0.3) is 22.6 Å². The Morgan fingerprint density at radius 1 is 0.820 bits per heavy atom. The molecular formula is C56H71N9O23S. The van der Waals surface area contributed by atoms with Crippen molar-refractivity contribution >= 4 is 57.7 Å². The SMILES string of the molecule is CCCCCOc1ccc(-c2cc(-c3ccc(C(=O)N[C@H]4C[C@@H](O)[C@@H](O)NC(=O)C[C@@H](O)[C@@H](C(=O)N5C[C@H](C)[C@H](O)[C@H]5C(N)=O)NC(=O)[C@H]([C@H](O)[C@@H](O)c5ccc(O)c(OS(=O)(=O)O)c5)NC(=O)[C@@H]5C[C@@H](O)CN5C(=O)[C@H]([C@@H](C)O)NC4=O)cc3)no2)cc1. The molecular weight excluding hydrogens is 1200 g/mol. The molecule has 1 aromatic heterocycles. The number of benzene rings is 3. The Kier molecular flexibility index (Phi) is 22.4. The Bertz CT molecular complexity index is 3340. The monoisotopic (exact) mass is 1270 g/mol. The van der Waals surface area contributed by atoms with Crippen LogP contribution in [0.4, 0.5) is 0 Å². The first-order valence-electron chi connectivity index (χ1n) is 28.1. The van der Waals surface area contributed by atoms with Crippen LogP contribution in [0, 0.1) is 5.92 Å². The van der Waals surface area contributed by atoms with Crippen LogP contribution in [0.3, 0.4) is 0 Å². The normalized spacial score (nSPS) is 27.0. The quantitative estimate of drug-likeness (QED) is 0.0355. The number of hydrogen-bond donors (Lipinski definition) is 16. The third-order valence-corrected chi connectivity index (χ3v) is 15.6. The van der Waals surface area contributed by atoms with Crippen molar-refractivity contribution in [2.24, 2.45) is 11.7 Å². The Labute approximate surface area is 507 Å². The van der Waals surface area contributed by atoms with Gasteiger partial charge >= 0.3 is 10.4 Å². The molecule has 89 heavy (non-hydrogen) atoms. The largest absolute Gasteiger partial charge is 0.504 e. The van der Waals surface area contributed by atoms with Crippen LogP contribution < -0.4 is 41.2 Å². The lowest BCUT2D eigenvalue weighted by Gasteiger charge is -2.35. The van der Waals surface area contributed by atoms with Crippen LogP contribution >= 0.6 is 0 Å². The highest BCUT2D eigenvalue weighted by molar-refractivity contribution is 7.81. The first-order chi connectivity index (χ1) is 42.0. The van der Waals surface area contributed by atoms with E-state index in [1.807, 2.05) is 10.6 Å². The molecule has 3 aromatic carbocycles. The number of phenolic OH excluding ortho intramolecular Hbond substituents is 1. The zero-order valence-electron chi connectivity index (χ0n) is 48.1. The molecule has 17 N–H and O–H groups in total. The van der Waals surface area contributed by atoms with Gasteiger partial charge in [-0.05, 0) is 67.4 Å². The van der Waals surface area contributed by atoms with Gasteiger partial charge in [-0.2, -0.15) is 8.42 Å². The van der Waals surface area contributed by atoms with Gasteiger partial charge in [0.2, 0.25) is 41.4 Å². The third-order valence-electron chi connectivity index (χ3n) is 15.2. The average Bonchev–Trinajstić information content (AvgIpc) is 3.08. The number of ether oxygens (including phenoxy) is 1. The van der Waals surface area contributed by atoms with Crippen molar-refractivity contribution in [3.63, 3.8) is 0 Å². The van der Waals surface area contributed by atoms with Gasteiger partial charge in [0.25, 0.3) is 5.91 Å². The Hall–Kier alpha value is -8.38. The lowest BCUT2D eigenvalue weighted by Crippen LogP contribution is -2.65. The van der Waals surface area contributed by atoms with E-state index in [4.69, 9.17) is 15.0 Å². The summed E-state index contributed by atoms with van der Waals surface area (Å²) in [7, 11) is -5.36. The Morgan fingerprint density at radius 3 is 2.12 bits per heavy atom. The summed E-state index contributed by atoms with van der Waals surface area (Å²) < 4.78 is 48.1. The topological polar surface area (TPSA) is 510 Å². The fourth-order valence-electron chi connectivity index (χ4n) is 10.3. The minimum absolute atomic E-state index is 0.0993. The summed E-state index contributed by atoms with van der Waals surface area (Å²) in [6.07, 6.45) is -17.3. The first kappa shape index (κ1) is 68.1. The number of aliphatic hydroxyl groups is 8. The predicted octanol–water partition coefficient (Wildman–Crippen LogP) is -3.90. The molecule has 32 nitrogen and oxygen atoms in total. The molecule has 7 rings (SSSR count). The second kappa shape index (κ2) is 29.3. The molecule has 0 aliphatic carbocycles. The van der Waals surface area contributed by atoms with Crippen molar-refractivity contribution in [1.29, 1.82) is 0 Å². The van der Waals surface area contributed by atoms with Gasteiger partial charge in [0.15, 0.2) is 23.5 Å². The van der Waals surface area contributed by atoms with Gasteiger partial charge in [0.05, 0.1) is 37.4 Å². The number of primary amides is 1. The zero-order valence-corrected chi connectivity index (χ0v) is 48.9. The highest BCUT2D eigenvalue weighted by Crippen LogP contribution is 2.33. The highest BCUT2D eigenvalue weighted by atomic mass is 32.3. The molecule has 33 heteroatoms. The number of nitrogens with zero attached hydrogens (tertiary/aromatic N) is 3. The predicted molar refractivity (Wildman–Crippen MR) is 304 cm³/mol. The molecule has 0 spiro atoms. The van der Waals surface area contributed by atoms with Crippen molar-refractivity contribution in [1.82, 2.24) is 41.5 Å². The second-order valence-corrected chi connectivity index (χ2v) is 22.9. The van der Waals surface area contributed by atoms with E-state index in [1.54, 1.807) is 30.3 Å². The zero-order chi connectivity index (χ0) is 65.3. The summed E-state index contributed by atoms with van der Waals surface area (Å²) in [5.74, 6) is -12.7. The molecule has 0 bridgehead atoms. The van der Waals surface area contributed by atoms with E-state index in [0.29, 0.717) is 56.9 Å². The van der Waals surface area contributed by atoms with E-state index in [-0.39, 0.29) is 5.56 Å². The summed E-state index contributed by atoms with van der Waals surface area (Å²) >= 11 is 0. The number of nitrogens with one attached hydrogen (secondary N) is 5. The van der Waals surface area contributed by atoms with Crippen LogP contribution in [0.1, 0.15) is 81.3 Å². The number of fused-ring (bicyclic) bond motifs is 1. The van der Waals surface area contributed by atoms with Gasteiger partial charge in [-0.15, -0.1) is 0 Å². The summed E-state index contributed by atoms with van der Waals surface area (Å²) in [4.78, 5) is 114. The van der Waals surface area contributed by atoms with Gasteiger partial charge in [0.1, 0.15) is 66.0 Å². The maximum absolute atomic E-state index is 14.7. The van der Waals surface area contributed by atoms with Crippen molar-refractivity contribution in [3.8, 4) is 39.8 Å². The number of aromatic hydroxyl groups is 1. The molecule has 3 fully saturated rings. The number of phenols is 1. The fourth-order valence-corrected chi connectivity index (χ4v) is 10.7.